The first-order valence-corrected chi connectivity index (χ1v) is 11.2. The van der Waals surface area contributed by atoms with E-state index in [-0.39, 0.29) is 16.8 Å². The van der Waals surface area contributed by atoms with Crippen molar-refractivity contribution in [1.82, 2.24) is 15.5 Å². The molecular weight excluding hydrogens is 468 g/mol. The fourth-order valence-electron chi connectivity index (χ4n) is 3.34. The normalized spacial score (nSPS) is 10.7. The number of hydrogen-bond acceptors (Lipinski definition) is 6. The molecule has 0 radical (unpaired) electrons. The Hall–Kier alpha value is -4.01. The van der Waals surface area contributed by atoms with E-state index >= 15 is 0 Å². The maximum absolute atomic E-state index is 12.7. The fourth-order valence-corrected chi connectivity index (χ4v) is 3.61. The second-order valence-electron chi connectivity index (χ2n) is 7.76. The van der Waals surface area contributed by atoms with E-state index in [0.717, 1.165) is 11.1 Å². The van der Waals surface area contributed by atoms with Crippen molar-refractivity contribution in [3.63, 3.8) is 0 Å². The molecule has 0 saturated heterocycles. The first-order valence-electron chi connectivity index (χ1n) is 10.8. The molecule has 35 heavy (non-hydrogen) atoms. The van der Waals surface area contributed by atoms with Crippen LogP contribution in [0.25, 0.3) is 22.9 Å². The first-order chi connectivity index (χ1) is 16.9. The Bertz CT molecular complexity index is 1350. The smallest absolute Gasteiger partial charge is 0.255 e. The zero-order valence-electron chi connectivity index (χ0n) is 19.2. The van der Waals surface area contributed by atoms with Crippen LogP contribution >= 0.6 is 11.6 Å². The van der Waals surface area contributed by atoms with E-state index in [2.05, 4.69) is 20.8 Å². The number of rotatable bonds is 8. The Kier molecular flexibility index (Phi) is 7.54. The van der Waals surface area contributed by atoms with Crippen molar-refractivity contribution < 1.29 is 18.7 Å². The standard InChI is InChI=1S/C26H23ClN4O4/c1-16-4-3-5-19(14-16)26-31-30-25(35-26)18-8-6-17(7-9-18)23(32)29-20-10-11-21(22(27)15-20)24(33)28-12-13-34-2/h3-11,14-15H,12-13H2,1-2H3,(H,28,33)(H,29,32). The molecule has 9 heteroatoms. The lowest BCUT2D eigenvalue weighted by Crippen LogP contribution is -2.27. The highest BCUT2D eigenvalue weighted by atomic mass is 35.5. The number of aryl methyl sites for hydroxylation is 1. The maximum Gasteiger partial charge on any atom is 0.255 e. The Balaban J connectivity index is 1.41. The highest BCUT2D eigenvalue weighted by Crippen LogP contribution is 2.25. The third-order valence-corrected chi connectivity index (χ3v) is 5.46. The topological polar surface area (TPSA) is 106 Å². The van der Waals surface area contributed by atoms with Crippen LogP contribution in [0.3, 0.4) is 0 Å². The second-order valence-corrected chi connectivity index (χ2v) is 8.16. The zero-order chi connectivity index (χ0) is 24.8. The summed E-state index contributed by atoms with van der Waals surface area (Å²) in [5, 5.41) is 14.0. The third kappa shape index (κ3) is 5.92. The van der Waals surface area contributed by atoms with Gasteiger partial charge in [-0.05, 0) is 61.5 Å². The van der Waals surface area contributed by atoms with Gasteiger partial charge in [-0.3, -0.25) is 9.59 Å². The summed E-state index contributed by atoms with van der Waals surface area (Å²) >= 11 is 6.24. The fraction of sp³-hybridized carbons (Fsp3) is 0.154. The summed E-state index contributed by atoms with van der Waals surface area (Å²) in [4.78, 5) is 24.9. The molecule has 4 aromatic rings. The molecule has 0 aliphatic rings. The van der Waals surface area contributed by atoms with Crippen LogP contribution in [-0.2, 0) is 4.74 Å². The van der Waals surface area contributed by atoms with Crippen LogP contribution in [-0.4, -0.2) is 42.3 Å². The molecule has 0 unspecified atom stereocenters. The van der Waals surface area contributed by atoms with Crippen molar-refractivity contribution in [2.45, 2.75) is 6.92 Å². The van der Waals surface area contributed by atoms with Crippen LogP contribution in [0.1, 0.15) is 26.3 Å². The third-order valence-electron chi connectivity index (χ3n) is 5.15. The number of benzene rings is 3. The van der Waals surface area contributed by atoms with E-state index in [0.29, 0.717) is 47.3 Å². The van der Waals surface area contributed by atoms with E-state index in [1.165, 1.54) is 6.07 Å². The lowest BCUT2D eigenvalue weighted by Gasteiger charge is -2.09. The van der Waals surface area contributed by atoms with Gasteiger partial charge >= 0.3 is 0 Å². The summed E-state index contributed by atoms with van der Waals surface area (Å²) < 4.78 is 10.7. The van der Waals surface area contributed by atoms with Crippen LogP contribution in [0.15, 0.2) is 71.1 Å². The van der Waals surface area contributed by atoms with Gasteiger partial charge in [-0.1, -0.05) is 29.3 Å². The summed E-state index contributed by atoms with van der Waals surface area (Å²) in [6.45, 7) is 2.77. The minimum atomic E-state index is -0.323. The molecule has 0 atom stereocenters. The first kappa shape index (κ1) is 24.1. The number of nitrogens with one attached hydrogen (secondary N) is 2. The number of nitrogens with zero attached hydrogens (tertiary/aromatic N) is 2. The van der Waals surface area contributed by atoms with Crippen molar-refractivity contribution in [3.8, 4) is 22.9 Å². The summed E-state index contributed by atoms with van der Waals surface area (Å²) in [7, 11) is 1.55. The molecule has 1 aromatic heterocycles. The number of anilines is 1. The van der Waals surface area contributed by atoms with Gasteiger partial charge in [-0.2, -0.15) is 0 Å². The Labute approximate surface area is 207 Å². The summed E-state index contributed by atoms with van der Waals surface area (Å²) in [6, 6.07) is 19.3. The minimum absolute atomic E-state index is 0.230. The Morgan fingerprint density at radius 2 is 1.69 bits per heavy atom. The van der Waals surface area contributed by atoms with Crippen LogP contribution < -0.4 is 10.6 Å². The quantitative estimate of drug-likeness (QED) is 0.337. The van der Waals surface area contributed by atoms with E-state index in [9.17, 15) is 9.59 Å². The molecule has 0 fully saturated rings. The van der Waals surface area contributed by atoms with Crippen molar-refractivity contribution >= 4 is 29.1 Å². The molecule has 2 N–H and O–H groups in total. The van der Waals surface area contributed by atoms with Crippen molar-refractivity contribution in [3.05, 3.63) is 88.4 Å². The number of carbonyl (C=O) groups is 2. The summed E-state index contributed by atoms with van der Waals surface area (Å²) in [5.41, 5.74) is 3.85. The lowest BCUT2D eigenvalue weighted by atomic mass is 10.1. The van der Waals surface area contributed by atoms with Gasteiger partial charge in [0.25, 0.3) is 11.8 Å². The molecule has 178 valence electrons. The molecule has 4 rings (SSSR count). The molecule has 2 amide bonds. The van der Waals surface area contributed by atoms with Gasteiger partial charge in [0.15, 0.2) is 0 Å². The largest absolute Gasteiger partial charge is 0.416 e. The average molecular weight is 491 g/mol. The van der Waals surface area contributed by atoms with E-state index in [1.54, 1.807) is 43.5 Å². The predicted octanol–water partition coefficient (Wildman–Crippen LogP) is 4.99. The number of halogens is 1. The number of hydrogen-bond donors (Lipinski definition) is 2. The number of methoxy groups -OCH3 is 1. The molecule has 1 heterocycles. The number of amides is 2. The van der Waals surface area contributed by atoms with Gasteiger partial charge in [0.2, 0.25) is 11.8 Å². The monoisotopic (exact) mass is 490 g/mol. The predicted molar refractivity (Wildman–Crippen MR) is 134 cm³/mol. The molecular formula is C26H23ClN4O4. The van der Waals surface area contributed by atoms with Crippen LogP contribution in [0, 0.1) is 6.92 Å². The van der Waals surface area contributed by atoms with Gasteiger partial charge in [-0.25, -0.2) is 0 Å². The summed E-state index contributed by atoms with van der Waals surface area (Å²) in [5.74, 6) is 0.154. The van der Waals surface area contributed by atoms with E-state index < -0.39 is 0 Å². The van der Waals surface area contributed by atoms with Crippen molar-refractivity contribution in [2.75, 3.05) is 25.6 Å². The van der Waals surface area contributed by atoms with Gasteiger partial charge in [0.05, 0.1) is 17.2 Å². The van der Waals surface area contributed by atoms with Gasteiger partial charge in [0, 0.05) is 36.0 Å². The zero-order valence-corrected chi connectivity index (χ0v) is 19.9. The van der Waals surface area contributed by atoms with E-state index in [1.807, 2.05) is 31.2 Å². The molecule has 3 aromatic carbocycles. The number of ether oxygens (including phenoxy) is 1. The molecule has 8 nitrogen and oxygen atoms in total. The van der Waals surface area contributed by atoms with Gasteiger partial charge in [-0.15, -0.1) is 10.2 Å². The van der Waals surface area contributed by atoms with E-state index in [4.69, 9.17) is 20.8 Å². The molecule has 0 bridgehead atoms. The van der Waals surface area contributed by atoms with Crippen molar-refractivity contribution in [1.29, 1.82) is 0 Å². The number of carbonyl (C=O) groups excluding carboxylic acids is 2. The molecule has 0 spiro atoms. The van der Waals surface area contributed by atoms with Crippen LogP contribution in [0.2, 0.25) is 5.02 Å². The Morgan fingerprint density at radius 3 is 2.37 bits per heavy atom. The van der Waals surface area contributed by atoms with Crippen LogP contribution in [0.5, 0.6) is 0 Å². The minimum Gasteiger partial charge on any atom is -0.416 e. The average Bonchev–Trinajstić information content (AvgIpc) is 3.35. The lowest BCUT2D eigenvalue weighted by molar-refractivity contribution is 0.0936. The number of aromatic nitrogens is 2. The Morgan fingerprint density at radius 1 is 0.943 bits per heavy atom. The van der Waals surface area contributed by atoms with Gasteiger partial charge in [0.1, 0.15) is 0 Å². The van der Waals surface area contributed by atoms with Crippen LogP contribution in [0.4, 0.5) is 5.69 Å². The summed E-state index contributed by atoms with van der Waals surface area (Å²) in [6.07, 6.45) is 0. The van der Waals surface area contributed by atoms with Crippen molar-refractivity contribution in [2.24, 2.45) is 0 Å². The molecule has 0 aliphatic carbocycles. The molecule has 0 aliphatic heterocycles. The SMILES string of the molecule is COCCNC(=O)c1ccc(NC(=O)c2ccc(-c3nnc(-c4cccc(C)c4)o3)cc2)cc1Cl. The highest BCUT2D eigenvalue weighted by Gasteiger charge is 2.14. The maximum atomic E-state index is 12.7. The second kappa shape index (κ2) is 10.9. The molecule has 0 saturated carbocycles. The van der Waals surface area contributed by atoms with Gasteiger partial charge < -0.3 is 19.8 Å². The highest BCUT2D eigenvalue weighted by molar-refractivity contribution is 6.34.